The van der Waals surface area contributed by atoms with Crippen molar-refractivity contribution in [3.05, 3.63) is 0 Å². The summed E-state index contributed by atoms with van der Waals surface area (Å²) in [6.07, 6.45) is 16.6. The predicted octanol–water partition coefficient (Wildman–Crippen LogP) is 6.21. The molecule has 0 aromatic carbocycles. The Bertz CT molecular complexity index is 439. The van der Waals surface area contributed by atoms with Crippen LogP contribution < -0.4 is 5.32 Å². The van der Waals surface area contributed by atoms with E-state index in [1.54, 1.807) is 0 Å². The number of hydrogen-bond acceptors (Lipinski definition) is 3. The summed E-state index contributed by atoms with van der Waals surface area (Å²) in [5, 5.41) is 13.9. The molecule has 2 saturated carbocycles. The molecule has 150 valence electrons. The topological polar surface area (TPSA) is 40.0 Å². The highest BCUT2D eigenvalue weighted by atomic mass is 32.1. The Kier molecular flexibility index (Phi) is 9.30. The highest BCUT2D eigenvalue weighted by Crippen LogP contribution is 2.24. The van der Waals surface area contributed by atoms with Crippen molar-refractivity contribution in [2.75, 3.05) is 6.54 Å². The number of thiocarbonyl (C=S) groups is 1. The molecule has 0 bridgehead atoms. The number of hydrogen-bond donors (Lipinski definition) is 1. The normalized spacial score (nSPS) is 23.2. The van der Waals surface area contributed by atoms with Crippen molar-refractivity contribution in [2.24, 2.45) is 10.2 Å². The molecule has 2 fully saturated rings. The third kappa shape index (κ3) is 6.79. The van der Waals surface area contributed by atoms with Crippen molar-refractivity contribution in [2.45, 2.75) is 122 Å². The van der Waals surface area contributed by atoms with E-state index < -0.39 is 0 Å². The van der Waals surface area contributed by atoms with E-state index in [1.807, 2.05) is 0 Å². The Labute approximate surface area is 166 Å². The lowest BCUT2D eigenvalue weighted by atomic mass is 9.96. The molecule has 2 aliphatic rings. The molecule has 26 heavy (non-hydrogen) atoms. The van der Waals surface area contributed by atoms with Gasteiger partial charge in [-0.3, -0.25) is 0 Å². The van der Waals surface area contributed by atoms with Crippen LogP contribution in [0.3, 0.4) is 0 Å². The fraction of sp³-hybridized carbons (Fsp3) is 0.952. The number of azo groups is 1. The van der Waals surface area contributed by atoms with Gasteiger partial charge in [0.1, 0.15) is 5.66 Å². The molecule has 0 aromatic rings. The van der Waals surface area contributed by atoms with Crippen LogP contribution in [0, 0.1) is 0 Å². The standard InChI is InChI=1S/C21H40N4S/c1-4-21(3,24-23-18-14-10-9-11-15-18)22-20(26)25(5-2)19-16-12-7-6-8-13-17-19/h18-19H,4-17H2,1-3H3,(H,22,26). The molecule has 1 N–H and O–H groups in total. The maximum absolute atomic E-state index is 5.83. The number of nitrogens with one attached hydrogen (secondary N) is 1. The lowest BCUT2D eigenvalue weighted by molar-refractivity contribution is 0.252. The molecule has 0 radical (unpaired) electrons. The zero-order valence-electron chi connectivity index (χ0n) is 17.3. The maximum Gasteiger partial charge on any atom is 0.171 e. The highest BCUT2D eigenvalue weighted by Gasteiger charge is 2.28. The summed E-state index contributed by atoms with van der Waals surface area (Å²) in [7, 11) is 0. The Balaban J connectivity index is 1.96. The molecule has 0 spiro atoms. The van der Waals surface area contributed by atoms with Gasteiger partial charge in [-0.05, 0) is 58.2 Å². The second kappa shape index (κ2) is 11.2. The van der Waals surface area contributed by atoms with Gasteiger partial charge in [0.25, 0.3) is 0 Å². The van der Waals surface area contributed by atoms with Crippen LogP contribution in [-0.4, -0.2) is 34.3 Å². The first-order valence-corrected chi connectivity index (χ1v) is 11.5. The summed E-state index contributed by atoms with van der Waals surface area (Å²) >= 11 is 5.83. The molecule has 0 heterocycles. The quantitative estimate of drug-likeness (QED) is 0.440. The third-order valence-electron chi connectivity index (χ3n) is 6.20. The van der Waals surface area contributed by atoms with Crippen LogP contribution in [0.1, 0.15) is 104 Å². The van der Waals surface area contributed by atoms with Gasteiger partial charge in [-0.1, -0.05) is 58.3 Å². The monoisotopic (exact) mass is 380 g/mol. The number of rotatable bonds is 6. The lowest BCUT2D eigenvalue weighted by Crippen LogP contribution is -2.53. The summed E-state index contributed by atoms with van der Waals surface area (Å²) in [4.78, 5) is 2.41. The minimum Gasteiger partial charge on any atom is -0.347 e. The van der Waals surface area contributed by atoms with E-state index in [4.69, 9.17) is 17.3 Å². The minimum atomic E-state index is -0.385. The smallest absolute Gasteiger partial charge is 0.171 e. The van der Waals surface area contributed by atoms with E-state index in [9.17, 15) is 0 Å². The fourth-order valence-electron chi connectivity index (χ4n) is 4.21. The molecule has 2 aliphatic carbocycles. The molecule has 4 nitrogen and oxygen atoms in total. The van der Waals surface area contributed by atoms with Gasteiger partial charge in [-0.15, -0.1) is 0 Å². The molecular weight excluding hydrogens is 340 g/mol. The van der Waals surface area contributed by atoms with Gasteiger partial charge in [0.2, 0.25) is 0 Å². The Hall–Kier alpha value is -0.710. The first kappa shape index (κ1) is 21.6. The van der Waals surface area contributed by atoms with E-state index >= 15 is 0 Å². The molecule has 5 heteroatoms. The van der Waals surface area contributed by atoms with Crippen LogP contribution in [0.5, 0.6) is 0 Å². The summed E-state index contributed by atoms with van der Waals surface area (Å²) in [5.74, 6) is 0. The van der Waals surface area contributed by atoms with Gasteiger partial charge in [0, 0.05) is 12.6 Å². The first-order valence-electron chi connectivity index (χ1n) is 11.1. The zero-order valence-corrected chi connectivity index (χ0v) is 18.1. The van der Waals surface area contributed by atoms with Gasteiger partial charge in [0.15, 0.2) is 5.11 Å². The summed E-state index contributed by atoms with van der Waals surface area (Å²) in [6.45, 7) is 7.49. The molecular formula is C21H40N4S. The van der Waals surface area contributed by atoms with Crippen LogP contribution in [0.25, 0.3) is 0 Å². The molecule has 2 rings (SSSR count). The minimum absolute atomic E-state index is 0.385. The number of nitrogens with zero attached hydrogens (tertiary/aromatic N) is 3. The highest BCUT2D eigenvalue weighted by molar-refractivity contribution is 7.80. The van der Waals surface area contributed by atoms with E-state index in [0.717, 1.165) is 18.1 Å². The zero-order chi connectivity index (χ0) is 18.8. The SMILES string of the molecule is CCN(C(=S)NC(C)(CC)N=NC1CCCCC1)C1CCCCCCC1. The van der Waals surface area contributed by atoms with Gasteiger partial charge < -0.3 is 10.2 Å². The third-order valence-corrected chi connectivity index (χ3v) is 6.53. The molecule has 0 aliphatic heterocycles. The van der Waals surface area contributed by atoms with Crippen molar-refractivity contribution < 1.29 is 0 Å². The van der Waals surface area contributed by atoms with Crippen molar-refractivity contribution in [3.63, 3.8) is 0 Å². The second-order valence-electron chi connectivity index (χ2n) is 8.35. The Morgan fingerprint density at radius 2 is 1.50 bits per heavy atom. The van der Waals surface area contributed by atoms with Gasteiger partial charge in [-0.25, -0.2) is 0 Å². The van der Waals surface area contributed by atoms with Crippen molar-refractivity contribution in [1.29, 1.82) is 0 Å². The lowest BCUT2D eigenvalue weighted by Gasteiger charge is -2.37. The summed E-state index contributed by atoms with van der Waals surface area (Å²) in [5.41, 5.74) is -0.385. The van der Waals surface area contributed by atoms with Gasteiger partial charge >= 0.3 is 0 Å². The molecule has 0 aromatic heterocycles. The second-order valence-corrected chi connectivity index (χ2v) is 8.74. The van der Waals surface area contributed by atoms with E-state index in [-0.39, 0.29) is 5.66 Å². The average Bonchev–Trinajstić information content (AvgIpc) is 2.63. The average molecular weight is 381 g/mol. The van der Waals surface area contributed by atoms with Crippen molar-refractivity contribution in [3.8, 4) is 0 Å². The first-order chi connectivity index (χ1) is 12.6. The van der Waals surface area contributed by atoms with Crippen LogP contribution in [0.2, 0.25) is 0 Å². The molecule has 0 saturated heterocycles. The Morgan fingerprint density at radius 3 is 2.08 bits per heavy atom. The van der Waals surface area contributed by atoms with Crippen LogP contribution in [0.15, 0.2) is 10.2 Å². The summed E-state index contributed by atoms with van der Waals surface area (Å²) in [6, 6.07) is 0.995. The van der Waals surface area contributed by atoms with E-state index in [0.29, 0.717) is 12.1 Å². The van der Waals surface area contributed by atoms with Crippen LogP contribution >= 0.6 is 12.2 Å². The predicted molar refractivity (Wildman–Crippen MR) is 115 cm³/mol. The largest absolute Gasteiger partial charge is 0.347 e. The maximum atomic E-state index is 5.83. The van der Waals surface area contributed by atoms with Crippen molar-refractivity contribution in [1.82, 2.24) is 10.2 Å². The molecule has 1 unspecified atom stereocenters. The van der Waals surface area contributed by atoms with Crippen LogP contribution in [0.4, 0.5) is 0 Å². The molecule has 1 atom stereocenters. The summed E-state index contributed by atoms with van der Waals surface area (Å²) < 4.78 is 0. The van der Waals surface area contributed by atoms with E-state index in [1.165, 1.54) is 77.0 Å². The Morgan fingerprint density at radius 1 is 0.962 bits per heavy atom. The molecule has 0 amide bonds. The van der Waals surface area contributed by atoms with E-state index in [2.05, 4.69) is 36.1 Å². The van der Waals surface area contributed by atoms with Gasteiger partial charge in [-0.2, -0.15) is 10.2 Å². The van der Waals surface area contributed by atoms with Crippen LogP contribution in [-0.2, 0) is 0 Å². The van der Waals surface area contributed by atoms with Gasteiger partial charge in [0.05, 0.1) is 6.04 Å². The van der Waals surface area contributed by atoms with Crippen molar-refractivity contribution >= 4 is 17.3 Å². The fourth-order valence-corrected chi connectivity index (χ4v) is 4.70.